The molecule has 2 aromatic heterocycles. The number of benzene rings is 2. The molecule has 0 bridgehead atoms. The first-order valence-corrected chi connectivity index (χ1v) is 11.0. The van der Waals surface area contributed by atoms with Crippen molar-refractivity contribution < 1.29 is 9.21 Å². The summed E-state index contributed by atoms with van der Waals surface area (Å²) in [5.74, 6) is 1.79. The van der Waals surface area contributed by atoms with Gasteiger partial charge in [0.2, 0.25) is 5.89 Å². The second-order valence-corrected chi connectivity index (χ2v) is 8.30. The quantitative estimate of drug-likeness (QED) is 0.409. The first-order valence-electron chi connectivity index (χ1n) is 10.0. The molecule has 8 heteroatoms. The molecule has 0 aliphatic carbocycles. The van der Waals surface area contributed by atoms with Crippen LogP contribution in [0.4, 0.5) is 0 Å². The smallest absolute Gasteiger partial charge is 0.273 e. The van der Waals surface area contributed by atoms with Crippen LogP contribution in [0.15, 0.2) is 76.5 Å². The number of rotatable bonds is 8. The molecule has 0 saturated carbocycles. The molecule has 0 spiro atoms. The number of thioether (sulfide) groups is 1. The summed E-state index contributed by atoms with van der Waals surface area (Å²) in [5.41, 5.74) is 2.23. The summed E-state index contributed by atoms with van der Waals surface area (Å²) in [6.07, 6.45) is 1.39. The Morgan fingerprint density at radius 3 is 2.48 bits per heavy atom. The molecule has 4 aromatic rings. The average molecular weight is 434 g/mol. The number of nitrogens with zero attached hydrogens (tertiary/aromatic N) is 4. The van der Waals surface area contributed by atoms with E-state index in [1.54, 1.807) is 0 Å². The van der Waals surface area contributed by atoms with Gasteiger partial charge in [-0.2, -0.15) is 0 Å². The molecular formula is C23H23N5O2S. The Morgan fingerprint density at radius 1 is 1.06 bits per heavy atom. The van der Waals surface area contributed by atoms with Crippen LogP contribution in [0, 0.1) is 5.92 Å². The molecule has 1 N–H and O–H groups in total. The molecule has 2 heterocycles. The number of oxazole rings is 1. The SMILES string of the molecule is CC(C)CNC(=O)c1coc(CSc2nnc(-c3ccccc3)n2-c2ccccc2)n1. The average Bonchev–Trinajstić information content (AvgIpc) is 3.44. The molecule has 158 valence electrons. The normalized spacial score (nSPS) is 11.1. The Morgan fingerprint density at radius 2 is 1.77 bits per heavy atom. The summed E-state index contributed by atoms with van der Waals surface area (Å²) in [5, 5.41) is 12.4. The van der Waals surface area contributed by atoms with Gasteiger partial charge in [0, 0.05) is 17.8 Å². The Kier molecular flexibility index (Phi) is 6.47. The lowest BCUT2D eigenvalue weighted by molar-refractivity contribution is 0.0944. The maximum absolute atomic E-state index is 12.2. The van der Waals surface area contributed by atoms with Crippen LogP contribution in [0.3, 0.4) is 0 Å². The van der Waals surface area contributed by atoms with Crippen LogP contribution in [0.1, 0.15) is 30.2 Å². The van der Waals surface area contributed by atoms with Gasteiger partial charge in [0.05, 0.1) is 5.75 Å². The van der Waals surface area contributed by atoms with Crippen molar-refractivity contribution in [3.05, 3.63) is 78.5 Å². The molecule has 0 atom stereocenters. The fourth-order valence-electron chi connectivity index (χ4n) is 2.94. The third-order valence-corrected chi connectivity index (χ3v) is 5.37. The number of para-hydroxylation sites is 1. The number of hydrogen-bond acceptors (Lipinski definition) is 6. The third-order valence-electron chi connectivity index (χ3n) is 4.46. The van der Waals surface area contributed by atoms with E-state index in [1.807, 2.05) is 79.1 Å². The summed E-state index contributed by atoms with van der Waals surface area (Å²) >= 11 is 1.46. The zero-order valence-electron chi connectivity index (χ0n) is 17.4. The Labute approximate surface area is 184 Å². The number of aromatic nitrogens is 4. The fourth-order valence-corrected chi connectivity index (χ4v) is 3.75. The highest BCUT2D eigenvalue weighted by Gasteiger charge is 2.18. The van der Waals surface area contributed by atoms with Gasteiger partial charge in [-0.1, -0.05) is 74.1 Å². The molecule has 31 heavy (non-hydrogen) atoms. The molecular weight excluding hydrogens is 410 g/mol. The van der Waals surface area contributed by atoms with Crippen LogP contribution in [0.2, 0.25) is 0 Å². The van der Waals surface area contributed by atoms with Gasteiger partial charge in [0.1, 0.15) is 6.26 Å². The monoisotopic (exact) mass is 433 g/mol. The summed E-state index contributed by atoms with van der Waals surface area (Å²) in [4.78, 5) is 16.5. The number of amides is 1. The van der Waals surface area contributed by atoms with Crippen molar-refractivity contribution in [3.63, 3.8) is 0 Å². The minimum absolute atomic E-state index is 0.229. The lowest BCUT2D eigenvalue weighted by atomic mass is 10.2. The lowest BCUT2D eigenvalue weighted by Crippen LogP contribution is -2.27. The van der Waals surface area contributed by atoms with Crippen LogP contribution >= 0.6 is 11.8 Å². The zero-order chi connectivity index (χ0) is 21.6. The first-order chi connectivity index (χ1) is 15.1. The van der Waals surface area contributed by atoms with Gasteiger partial charge in [0.15, 0.2) is 16.7 Å². The van der Waals surface area contributed by atoms with Gasteiger partial charge in [-0.15, -0.1) is 10.2 Å². The molecule has 2 aromatic carbocycles. The minimum atomic E-state index is -0.229. The topological polar surface area (TPSA) is 85.8 Å². The van der Waals surface area contributed by atoms with Crippen molar-refractivity contribution in [3.8, 4) is 17.1 Å². The third kappa shape index (κ3) is 5.03. The maximum Gasteiger partial charge on any atom is 0.273 e. The van der Waals surface area contributed by atoms with Gasteiger partial charge >= 0.3 is 0 Å². The number of carbonyl (C=O) groups excluding carboxylic acids is 1. The van der Waals surface area contributed by atoms with Gasteiger partial charge in [-0.05, 0) is 18.1 Å². The van der Waals surface area contributed by atoms with E-state index in [0.29, 0.717) is 29.3 Å². The largest absolute Gasteiger partial charge is 0.447 e. The highest BCUT2D eigenvalue weighted by atomic mass is 32.2. The fraction of sp³-hybridized carbons (Fsp3) is 0.217. The van der Waals surface area contributed by atoms with E-state index >= 15 is 0 Å². The minimum Gasteiger partial charge on any atom is -0.447 e. The molecule has 0 fully saturated rings. The van der Waals surface area contributed by atoms with Crippen LogP contribution in [-0.2, 0) is 5.75 Å². The van der Waals surface area contributed by atoms with Crippen molar-refractivity contribution in [2.45, 2.75) is 24.8 Å². The van der Waals surface area contributed by atoms with Crippen LogP contribution in [0.25, 0.3) is 17.1 Å². The molecule has 4 rings (SSSR count). The van der Waals surface area contributed by atoms with Gasteiger partial charge in [0.25, 0.3) is 5.91 Å². The first kappa shape index (κ1) is 20.9. The van der Waals surface area contributed by atoms with Crippen molar-refractivity contribution in [2.24, 2.45) is 5.92 Å². The number of nitrogens with one attached hydrogen (secondary N) is 1. The molecule has 1 amide bonds. The van der Waals surface area contributed by atoms with E-state index in [0.717, 1.165) is 17.1 Å². The van der Waals surface area contributed by atoms with E-state index in [4.69, 9.17) is 4.42 Å². The van der Waals surface area contributed by atoms with Gasteiger partial charge < -0.3 is 9.73 Å². The highest BCUT2D eigenvalue weighted by Crippen LogP contribution is 2.29. The molecule has 7 nitrogen and oxygen atoms in total. The summed E-state index contributed by atoms with van der Waals surface area (Å²) in [6.45, 7) is 4.67. The molecule has 0 saturated heterocycles. The summed E-state index contributed by atoms with van der Waals surface area (Å²) < 4.78 is 7.51. The summed E-state index contributed by atoms with van der Waals surface area (Å²) in [7, 11) is 0. The second-order valence-electron chi connectivity index (χ2n) is 7.36. The van der Waals surface area contributed by atoms with E-state index in [2.05, 4.69) is 20.5 Å². The molecule has 0 aliphatic rings. The molecule has 0 aliphatic heterocycles. The van der Waals surface area contributed by atoms with Crippen molar-refractivity contribution in [2.75, 3.05) is 6.54 Å². The van der Waals surface area contributed by atoms with E-state index in [1.165, 1.54) is 18.0 Å². The van der Waals surface area contributed by atoms with E-state index in [-0.39, 0.29) is 11.6 Å². The van der Waals surface area contributed by atoms with Crippen LogP contribution in [0.5, 0.6) is 0 Å². The Bertz CT molecular complexity index is 1140. The molecule has 0 unspecified atom stereocenters. The highest BCUT2D eigenvalue weighted by molar-refractivity contribution is 7.98. The van der Waals surface area contributed by atoms with Crippen molar-refractivity contribution >= 4 is 17.7 Å². The van der Waals surface area contributed by atoms with Crippen molar-refractivity contribution in [1.29, 1.82) is 0 Å². The van der Waals surface area contributed by atoms with Gasteiger partial charge in [-0.3, -0.25) is 9.36 Å². The van der Waals surface area contributed by atoms with Crippen LogP contribution in [-0.4, -0.2) is 32.2 Å². The van der Waals surface area contributed by atoms with Gasteiger partial charge in [-0.25, -0.2) is 4.98 Å². The maximum atomic E-state index is 12.2. The number of hydrogen-bond donors (Lipinski definition) is 1. The summed E-state index contributed by atoms with van der Waals surface area (Å²) in [6, 6.07) is 19.9. The lowest BCUT2D eigenvalue weighted by Gasteiger charge is -2.09. The van der Waals surface area contributed by atoms with Crippen LogP contribution < -0.4 is 5.32 Å². The molecule has 0 radical (unpaired) electrons. The second kappa shape index (κ2) is 9.61. The van der Waals surface area contributed by atoms with E-state index < -0.39 is 0 Å². The Hall–Kier alpha value is -3.39. The zero-order valence-corrected chi connectivity index (χ0v) is 18.2. The standard InChI is InChI=1S/C23H23N5O2S/c1-16(2)13-24-22(29)19-14-30-20(25-19)15-31-23-27-26-21(17-9-5-3-6-10-17)28(23)18-11-7-4-8-12-18/h3-12,14,16H,13,15H2,1-2H3,(H,24,29). The predicted molar refractivity (Wildman–Crippen MR) is 120 cm³/mol. The number of carbonyl (C=O) groups is 1. The predicted octanol–water partition coefficient (Wildman–Crippen LogP) is 4.60. The Balaban J connectivity index is 1.55. The van der Waals surface area contributed by atoms with E-state index in [9.17, 15) is 4.79 Å². The van der Waals surface area contributed by atoms with Crippen molar-refractivity contribution in [1.82, 2.24) is 25.1 Å².